The molecule has 0 amide bonds. The molecule has 3 N–H and O–H groups in total. The highest BCUT2D eigenvalue weighted by Crippen LogP contribution is 2.32. The smallest absolute Gasteiger partial charge is 0.0548 e. The fraction of sp³-hybridized carbons (Fsp3) is 0.375. The van der Waals surface area contributed by atoms with Crippen molar-refractivity contribution in [1.82, 2.24) is 5.32 Å². The van der Waals surface area contributed by atoms with E-state index in [-0.39, 0.29) is 0 Å². The van der Waals surface area contributed by atoms with Crippen molar-refractivity contribution >= 4 is 35.6 Å². The van der Waals surface area contributed by atoms with Crippen LogP contribution in [-0.4, -0.2) is 18.3 Å². The molecule has 1 aromatic carbocycles. The van der Waals surface area contributed by atoms with Gasteiger partial charge in [0.1, 0.15) is 0 Å². The molecule has 1 unspecified atom stereocenters. The summed E-state index contributed by atoms with van der Waals surface area (Å²) in [5.41, 5.74) is 5.65. The van der Waals surface area contributed by atoms with Crippen molar-refractivity contribution in [3.05, 3.63) is 40.2 Å². The molecule has 1 saturated heterocycles. The molecule has 0 aromatic heterocycles. The molecule has 20 heavy (non-hydrogen) atoms. The number of rotatable bonds is 3. The van der Waals surface area contributed by atoms with E-state index in [1.807, 2.05) is 23.9 Å². The molecule has 0 aliphatic carbocycles. The Morgan fingerprint density at radius 2 is 2.15 bits per heavy atom. The van der Waals surface area contributed by atoms with Gasteiger partial charge in [-0.2, -0.15) is 0 Å². The van der Waals surface area contributed by atoms with Gasteiger partial charge in [-0.1, -0.05) is 30.3 Å². The summed E-state index contributed by atoms with van der Waals surface area (Å²) in [7, 11) is 0. The second kappa shape index (κ2) is 7.77. The summed E-state index contributed by atoms with van der Waals surface area (Å²) in [6, 6.07) is 4.06. The third-order valence-corrected chi connectivity index (χ3v) is 5.25. The summed E-state index contributed by atoms with van der Waals surface area (Å²) in [5.74, 6) is 0. The minimum Gasteiger partial charge on any atom is -0.404 e. The first-order valence-electron chi connectivity index (χ1n) is 6.96. The number of benzene rings is 1. The average molecular weight is 309 g/mol. The van der Waals surface area contributed by atoms with E-state index in [4.69, 9.17) is 17.3 Å². The van der Waals surface area contributed by atoms with Crippen LogP contribution in [0.2, 0.25) is 5.02 Å². The second-order valence-corrected chi connectivity index (χ2v) is 6.65. The van der Waals surface area contributed by atoms with Crippen LogP contribution in [0.3, 0.4) is 0 Å². The molecule has 1 fully saturated rings. The number of thioether (sulfide) groups is 1. The van der Waals surface area contributed by atoms with E-state index >= 15 is 0 Å². The zero-order chi connectivity index (χ0) is 14.4. The number of hydrogen-bond donors (Lipinski definition) is 2. The fourth-order valence-electron chi connectivity index (χ4n) is 2.37. The number of nitrogens with two attached hydrogens (primary N) is 1. The number of hydrogen-bond acceptors (Lipinski definition) is 3. The van der Waals surface area contributed by atoms with E-state index in [9.17, 15) is 0 Å². The van der Waals surface area contributed by atoms with Crippen LogP contribution in [0.4, 0.5) is 0 Å². The largest absolute Gasteiger partial charge is 0.404 e. The molecular weight excluding hydrogens is 288 g/mol. The Hall–Kier alpha value is -0.900. The van der Waals surface area contributed by atoms with Crippen LogP contribution in [0, 0.1) is 0 Å². The van der Waals surface area contributed by atoms with Crippen LogP contribution in [0.25, 0.3) is 12.3 Å². The van der Waals surface area contributed by atoms with Gasteiger partial charge in [-0.25, -0.2) is 0 Å². The van der Waals surface area contributed by atoms with E-state index in [1.54, 1.807) is 12.3 Å². The molecule has 0 saturated carbocycles. The predicted octanol–water partition coefficient (Wildman–Crippen LogP) is 2.24. The third-order valence-electron chi connectivity index (χ3n) is 3.43. The summed E-state index contributed by atoms with van der Waals surface area (Å²) in [6.45, 7) is 5.97. The molecule has 2 nitrogen and oxygen atoms in total. The topological polar surface area (TPSA) is 38.0 Å². The zero-order valence-corrected chi connectivity index (χ0v) is 13.1. The van der Waals surface area contributed by atoms with Gasteiger partial charge in [0, 0.05) is 16.3 Å². The lowest BCUT2D eigenvalue weighted by molar-refractivity contribution is 0.703. The van der Waals surface area contributed by atoms with Gasteiger partial charge in [0.05, 0.1) is 5.02 Å². The van der Waals surface area contributed by atoms with Gasteiger partial charge < -0.3 is 11.1 Å². The summed E-state index contributed by atoms with van der Waals surface area (Å²) in [4.78, 5) is 1.14. The minimum atomic E-state index is 0.631. The lowest BCUT2D eigenvalue weighted by Gasteiger charge is -2.14. The van der Waals surface area contributed by atoms with Gasteiger partial charge in [-0.05, 0) is 54.9 Å². The Balaban J connectivity index is 2.29. The molecular formula is C16H21ClN2S. The van der Waals surface area contributed by atoms with Gasteiger partial charge in [0.2, 0.25) is 0 Å². The van der Waals surface area contributed by atoms with E-state index in [0.29, 0.717) is 5.25 Å². The average Bonchev–Trinajstić information content (AvgIpc) is 2.71. The first kappa shape index (κ1) is 15.5. The standard InChI is InChI=1S/C16H21ClN2S/c1-2-4-12-10-16(15(17)9-13(12)11-18)20-14-5-3-7-19-8-6-14/h2,4,9-11,14,19H,1,3,5-8,18H2/b12-4-,13-11-. The molecule has 2 rings (SSSR count). The van der Waals surface area contributed by atoms with Crippen molar-refractivity contribution in [1.29, 1.82) is 0 Å². The van der Waals surface area contributed by atoms with Gasteiger partial charge in [-0.15, -0.1) is 11.8 Å². The van der Waals surface area contributed by atoms with Gasteiger partial charge in [0.15, 0.2) is 0 Å². The fourth-order valence-corrected chi connectivity index (χ4v) is 3.93. The van der Waals surface area contributed by atoms with Crippen molar-refractivity contribution in [2.24, 2.45) is 5.73 Å². The van der Waals surface area contributed by atoms with Crippen LogP contribution in [0.15, 0.2) is 29.7 Å². The normalized spacial score (nSPS) is 21.8. The summed E-state index contributed by atoms with van der Waals surface area (Å²) in [6.07, 6.45) is 8.99. The highest BCUT2D eigenvalue weighted by Gasteiger charge is 2.14. The molecule has 1 aliphatic rings. The highest BCUT2D eigenvalue weighted by atomic mass is 35.5. The van der Waals surface area contributed by atoms with Crippen molar-refractivity contribution in [3.8, 4) is 0 Å². The van der Waals surface area contributed by atoms with Crippen LogP contribution < -0.4 is 21.5 Å². The second-order valence-electron chi connectivity index (χ2n) is 4.90. The minimum absolute atomic E-state index is 0.631. The first-order chi connectivity index (χ1) is 9.74. The molecule has 1 atom stereocenters. The summed E-state index contributed by atoms with van der Waals surface area (Å²) < 4.78 is 0. The Bertz CT molecular complexity index is 575. The third kappa shape index (κ3) is 4.05. The van der Waals surface area contributed by atoms with Crippen molar-refractivity contribution in [2.75, 3.05) is 13.1 Å². The molecule has 4 heteroatoms. The van der Waals surface area contributed by atoms with Crippen molar-refractivity contribution < 1.29 is 0 Å². The van der Waals surface area contributed by atoms with Crippen LogP contribution >= 0.6 is 23.4 Å². The number of nitrogens with one attached hydrogen (secondary N) is 1. The van der Waals surface area contributed by atoms with Crippen LogP contribution in [0.5, 0.6) is 0 Å². The van der Waals surface area contributed by atoms with Gasteiger partial charge in [0.25, 0.3) is 0 Å². The lowest BCUT2D eigenvalue weighted by atomic mass is 10.2. The Kier molecular flexibility index (Phi) is 6.02. The van der Waals surface area contributed by atoms with E-state index in [2.05, 4.69) is 18.0 Å². The molecule has 0 radical (unpaired) electrons. The zero-order valence-electron chi connectivity index (χ0n) is 11.6. The summed E-state index contributed by atoms with van der Waals surface area (Å²) in [5, 5.41) is 6.87. The maximum absolute atomic E-state index is 6.39. The quantitative estimate of drug-likeness (QED) is 0.899. The molecule has 1 aliphatic heterocycles. The van der Waals surface area contributed by atoms with E-state index in [1.165, 1.54) is 19.3 Å². The van der Waals surface area contributed by atoms with Crippen LogP contribution in [-0.2, 0) is 0 Å². The van der Waals surface area contributed by atoms with Crippen molar-refractivity contribution in [3.63, 3.8) is 0 Å². The van der Waals surface area contributed by atoms with Gasteiger partial charge >= 0.3 is 0 Å². The monoisotopic (exact) mass is 308 g/mol. The Morgan fingerprint density at radius 3 is 2.90 bits per heavy atom. The molecule has 1 heterocycles. The Morgan fingerprint density at radius 1 is 1.30 bits per heavy atom. The highest BCUT2D eigenvalue weighted by molar-refractivity contribution is 8.00. The Labute approximate surface area is 129 Å². The van der Waals surface area contributed by atoms with E-state index in [0.717, 1.165) is 33.4 Å². The molecule has 0 bridgehead atoms. The maximum Gasteiger partial charge on any atom is 0.0548 e. The molecule has 1 aromatic rings. The lowest BCUT2D eigenvalue weighted by Crippen LogP contribution is -2.26. The molecule has 108 valence electrons. The van der Waals surface area contributed by atoms with E-state index < -0.39 is 0 Å². The maximum atomic E-state index is 6.39. The predicted molar refractivity (Wildman–Crippen MR) is 90.4 cm³/mol. The van der Waals surface area contributed by atoms with Crippen molar-refractivity contribution in [2.45, 2.75) is 29.4 Å². The van der Waals surface area contributed by atoms with Crippen LogP contribution in [0.1, 0.15) is 19.3 Å². The number of allylic oxidation sites excluding steroid dienone is 1. The number of halogens is 1. The summed E-state index contributed by atoms with van der Waals surface area (Å²) >= 11 is 8.27. The first-order valence-corrected chi connectivity index (χ1v) is 8.22. The van der Waals surface area contributed by atoms with Gasteiger partial charge in [-0.3, -0.25) is 0 Å². The molecule has 0 spiro atoms. The SMILES string of the molecule is C=C/C=c1/cc(SC2CCCNCC2)c(Cl)c/c1=C/N.